The Bertz CT molecular complexity index is 1050. The molecule has 0 amide bonds. The first-order chi connectivity index (χ1) is 12.8. The van der Waals surface area contributed by atoms with Gasteiger partial charge in [0.1, 0.15) is 0 Å². The minimum Gasteiger partial charge on any atom is -0.481 e. The predicted octanol–water partition coefficient (Wildman–Crippen LogP) is 5.31. The van der Waals surface area contributed by atoms with E-state index in [1.165, 1.54) is 0 Å². The maximum Gasteiger partial charge on any atom is 0.303 e. The maximum absolute atomic E-state index is 11.2. The molecule has 0 saturated carbocycles. The van der Waals surface area contributed by atoms with E-state index in [-0.39, 0.29) is 6.42 Å². The van der Waals surface area contributed by atoms with Crippen LogP contribution in [0.5, 0.6) is 0 Å². The summed E-state index contributed by atoms with van der Waals surface area (Å²) < 4.78 is 2.24. The van der Waals surface area contributed by atoms with Crippen molar-refractivity contribution in [3.8, 4) is 16.9 Å². The van der Waals surface area contributed by atoms with Crippen molar-refractivity contribution in [1.29, 1.82) is 0 Å². The number of hydrogen-bond acceptors (Lipinski definition) is 1. The van der Waals surface area contributed by atoms with E-state index in [0.29, 0.717) is 6.42 Å². The smallest absolute Gasteiger partial charge is 0.303 e. The molecule has 0 unspecified atom stereocenters. The highest BCUT2D eigenvalue weighted by molar-refractivity contribution is 5.94. The van der Waals surface area contributed by atoms with Crippen LogP contribution in [0.4, 0.5) is 0 Å². The Hall–Kier alpha value is -3.33. The van der Waals surface area contributed by atoms with E-state index in [9.17, 15) is 9.90 Å². The number of aryl methyl sites for hydroxylation is 1. The molecule has 0 aliphatic rings. The van der Waals surface area contributed by atoms with Gasteiger partial charge in [-0.15, -0.1) is 0 Å². The lowest BCUT2D eigenvalue weighted by molar-refractivity contribution is -0.136. The first kappa shape index (κ1) is 16.2. The molecule has 0 saturated heterocycles. The highest BCUT2D eigenvalue weighted by Crippen LogP contribution is 2.37. The summed E-state index contributed by atoms with van der Waals surface area (Å²) in [4.78, 5) is 11.2. The molecule has 0 aliphatic carbocycles. The maximum atomic E-state index is 11.2. The molecule has 0 atom stereocenters. The minimum atomic E-state index is -0.777. The number of rotatable bonds is 5. The molecule has 0 spiro atoms. The fraction of sp³-hybridized carbons (Fsp3) is 0.0870. The number of carboxylic acid groups (broad SMARTS) is 1. The van der Waals surface area contributed by atoms with E-state index in [0.717, 1.165) is 33.4 Å². The van der Waals surface area contributed by atoms with Crippen LogP contribution in [0.2, 0.25) is 0 Å². The van der Waals surface area contributed by atoms with Crippen LogP contribution in [-0.4, -0.2) is 15.6 Å². The van der Waals surface area contributed by atoms with Crippen molar-refractivity contribution >= 4 is 16.9 Å². The van der Waals surface area contributed by atoms with Gasteiger partial charge in [0.25, 0.3) is 0 Å². The van der Waals surface area contributed by atoms with E-state index in [1.807, 2.05) is 48.5 Å². The van der Waals surface area contributed by atoms with Crippen molar-refractivity contribution in [3.63, 3.8) is 0 Å². The minimum absolute atomic E-state index is 0.114. The largest absolute Gasteiger partial charge is 0.481 e. The van der Waals surface area contributed by atoms with Gasteiger partial charge in [-0.3, -0.25) is 4.79 Å². The van der Waals surface area contributed by atoms with Gasteiger partial charge < -0.3 is 9.67 Å². The zero-order valence-electron chi connectivity index (χ0n) is 14.3. The summed E-state index contributed by atoms with van der Waals surface area (Å²) in [5, 5.41) is 10.3. The van der Waals surface area contributed by atoms with Gasteiger partial charge in [0, 0.05) is 17.5 Å². The van der Waals surface area contributed by atoms with Crippen LogP contribution in [-0.2, 0) is 11.2 Å². The van der Waals surface area contributed by atoms with Gasteiger partial charge in [0.15, 0.2) is 0 Å². The number of aromatic nitrogens is 1. The standard InChI is InChI=1S/C23H19NO2/c25-22(26)16-15-20-19-13-7-8-14-21(19)24(18-11-5-2-6-12-18)23(20)17-9-3-1-4-10-17/h1-14H,15-16H2,(H,25,26). The second kappa shape index (κ2) is 6.89. The highest BCUT2D eigenvalue weighted by atomic mass is 16.4. The van der Waals surface area contributed by atoms with Gasteiger partial charge >= 0.3 is 5.97 Å². The van der Waals surface area contributed by atoms with E-state index in [2.05, 4.69) is 41.0 Å². The van der Waals surface area contributed by atoms with Gasteiger partial charge in [0.2, 0.25) is 0 Å². The Morgan fingerprint density at radius 1 is 0.808 bits per heavy atom. The zero-order chi connectivity index (χ0) is 17.9. The molecule has 3 nitrogen and oxygen atoms in total. The number of aliphatic carboxylic acids is 1. The summed E-state index contributed by atoms with van der Waals surface area (Å²) in [5.41, 5.74) is 5.41. The predicted molar refractivity (Wildman–Crippen MR) is 105 cm³/mol. The molecule has 4 rings (SSSR count). The Balaban J connectivity index is 2.06. The first-order valence-corrected chi connectivity index (χ1v) is 8.70. The second-order valence-corrected chi connectivity index (χ2v) is 6.28. The summed E-state index contributed by atoms with van der Waals surface area (Å²) in [5.74, 6) is -0.777. The Morgan fingerprint density at radius 2 is 1.42 bits per heavy atom. The van der Waals surface area contributed by atoms with E-state index in [4.69, 9.17) is 0 Å². The molecule has 4 aromatic rings. The van der Waals surface area contributed by atoms with Crippen molar-refractivity contribution < 1.29 is 9.90 Å². The molecule has 3 heteroatoms. The highest BCUT2D eigenvalue weighted by Gasteiger charge is 2.19. The van der Waals surface area contributed by atoms with Crippen LogP contribution in [0.15, 0.2) is 84.9 Å². The molecule has 128 valence electrons. The lowest BCUT2D eigenvalue weighted by Crippen LogP contribution is -2.01. The summed E-state index contributed by atoms with van der Waals surface area (Å²) in [6, 6.07) is 28.6. The lowest BCUT2D eigenvalue weighted by Gasteiger charge is -2.13. The Kier molecular flexibility index (Phi) is 4.28. The summed E-state index contributed by atoms with van der Waals surface area (Å²) in [6.45, 7) is 0. The molecule has 0 radical (unpaired) electrons. The molecule has 1 heterocycles. The van der Waals surface area contributed by atoms with Crippen LogP contribution in [0.3, 0.4) is 0 Å². The normalized spacial score (nSPS) is 10.9. The number of para-hydroxylation sites is 2. The number of carbonyl (C=O) groups is 1. The molecule has 0 aliphatic heterocycles. The summed E-state index contributed by atoms with van der Waals surface area (Å²) >= 11 is 0. The third-order valence-corrected chi connectivity index (χ3v) is 4.63. The van der Waals surface area contributed by atoms with Crippen molar-refractivity contribution in [2.24, 2.45) is 0 Å². The Labute approximate surface area is 152 Å². The topological polar surface area (TPSA) is 42.2 Å². The fourth-order valence-electron chi connectivity index (χ4n) is 3.54. The molecule has 0 bridgehead atoms. The van der Waals surface area contributed by atoms with Crippen LogP contribution in [0.1, 0.15) is 12.0 Å². The van der Waals surface area contributed by atoms with E-state index >= 15 is 0 Å². The zero-order valence-corrected chi connectivity index (χ0v) is 14.3. The number of carboxylic acids is 1. The van der Waals surface area contributed by atoms with Crippen LogP contribution < -0.4 is 0 Å². The molecule has 1 N–H and O–H groups in total. The fourth-order valence-corrected chi connectivity index (χ4v) is 3.54. The van der Waals surface area contributed by atoms with Crippen molar-refractivity contribution in [3.05, 3.63) is 90.5 Å². The summed E-state index contributed by atoms with van der Waals surface area (Å²) in [6.07, 6.45) is 0.614. The summed E-state index contributed by atoms with van der Waals surface area (Å²) in [7, 11) is 0. The Morgan fingerprint density at radius 3 is 2.12 bits per heavy atom. The van der Waals surface area contributed by atoms with Gasteiger partial charge in [0.05, 0.1) is 11.2 Å². The average Bonchev–Trinajstić information content (AvgIpc) is 3.02. The molecule has 26 heavy (non-hydrogen) atoms. The van der Waals surface area contributed by atoms with Gasteiger partial charge in [-0.1, -0.05) is 66.7 Å². The number of hydrogen-bond donors (Lipinski definition) is 1. The number of benzene rings is 3. The van der Waals surface area contributed by atoms with Crippen molar-refractivity contribution in [1.82, 2.24) is 4.57 Å². The third-order valence-electron chi connectivity index (χ3n) is 4.63. The molecular formula is C23H19NO2. The number of fused-ring (bicyclic) bond motifs is 1. The lowest BCUT2D eigenvalue weighted by atomic mass is 10.0. The van der Waals surface area contributed by atoms with Crippen LogP contribution in [0, 0.1) is 0 Å². The SMILES string of the molecule is O=C(O)CCc1c(-c2ccccc2)n(-c2ccccc2)c2ccccc12. The third kappa shape index (κ3) is 2.88. The molecule has 1 aromatic heterocycles. The first-order valence-electron chi connectivity index (χ1n) is 8.70. The van der Waals surface area contributed by atoms with Crippen molar-refractivity contribution in [2.75, 3.05) is 0 Å². The second-order valence-electron chi connectivity index (χ2n) is 6.28. The van der Waals surface area contributed by atoms with Gasteiger partial charge in [-0.2, -0.15) is 0 Å². The average molecular weight is 341 g/mol. The quantitative estimate of drug-likeness (QED) is 0.534. The molecule has 0 fully saturated rings. The van der Waals surface area contributed by atoms with Gasteiger partial charge in [-0.05, 0) is 35.7 Å². The number of nitrogens with zero attached hydrogens (tertiary/aromatic N) is 1. The van der Waals surface area contributed by atoms with E-state index in [1.54, 1.807) is 0 Å². The van der Waals surface area contributed by atoms with Crippen LogP contribution >= 0.6 is 0 Å². The monoisotopic (exact) mass is 341 g/mol. The molecular weight excluding hydrogens is 322 g/mol. The molecule has 3 aromatic carbocycles. The van der Waals surface area contributed by atoms with Crippen LogP contribution in [0.25, 0.3) is 27.8 Å². The van der Waals surface area contributed by atoms with Crippen molar-refractivity contribution in [2.45, 2.75) is 12.8 Å². The van der Waals surface area contributed by atoms with E-state index < -0.39 is 5.97 Å². The van der Waals surface area contributed by atoms with Gasteiger partial charge in [-0.25, -0.2) is 0 Å².